The Labute approximate surface area is 144 Å². The summed E-state index contributed by atoms with van der Waals surface area (Å²) in [6.07, 6.45) is 1.88. The van der Waals surface area contributed by atoms with Crippen LogP contribution in [0.25, 0.3) is 0 Å². The summed E-state index contributed by atoms with van der Waals surface area (Å²) in [6.45, 7) is 6.12. The Hall–Kier alpha value is -1.44. The zero-order chi connectivity index (χ0) is 17.7. The molecule has 7 heteroatoms. The van der Waals surface area contributed by atoms with Gasteiger partial charge in [-0.3, -0.25) is 4.79 Å². The monoisotopic (exact) mass is 353 g/mol. The van der Waals surface area contributed by atoms with E-state index in [1.165, 1.54) is 12.1 Å². The number of amides is 1. The Morgan fingerprint density at radius 3 is 2.38 bits per heavy atom. The van der Waals surface area contributed by atoms with Gasteiger partial charge in [0, 0.05) is 25.2 Å². The van der Waals surface area contributed by atoms with Gasteiger partial charge in [-0.05, 0) is 56.1 Å². The molecule has 1 aromatic carbocycles. The van der Waals surface area contributed by atoms with Crippen LogP contribution in [0.2, 0.25) is 0 Å². The summed E-state index contributed by atoms with van der Waals surface area (Å²) < 4.78 is 26.9. The first-order valence-electron chi connectivity index (χ1n) is 8.39. The van der Waals surface area contributed by atoms with Crippen molar-refractivity contribution in [3.05, 3.63) is 29.8 Å². The standard InChI is InChI=1S/C17H27N3O3S/c1-13(2)12-19-24(22,23)16-6-4-14(5-7-16)17(21)20(3)15-8-10-18-11-9-15/h4-7,13,15,18-19H,8-12H2,1-3H3. The van der Waals surface area contributed by atoms with Crippen LogP contribution < -0.4 is 10.0 Å². The normalized spacial score (nSPS) is 16.3. The number of hydrogen-bond acceptors (Lipinski definition) is 4. The van der Waals surface area contributed by atoms with Gasteiger partial charge < -0.3 is 10.2 Å². The second kappa shape index (κ2) is 8.09. The number of hydrogen-bond donors (Lipinski definition) is 2. The molecule has 0 radical (unpaired) electrons. The number of carbonyl (C=O) groups excluding carboxylic acids is 1. The lowest BCUT2D eigenvalue weighted by molar-refractivity contribution is 0.0703. The van der Waals surface area contributed by atoms with Gasteiger partial charge in [0.15, 0.2) is 0 Å². The van der Waals surface area contributed by atoms with Gasteiger partial charge in [0.2, 0.25) is 10.0 Å². The van der Waals surface area contributed by atoms with Crippen LogP contribution in [0.1, 0.15) is 37.0 Å². The van der Waals surface area contributed by atoms with Gasteiger partial charge in [0.05, 0.1) is 4.90 Å². The molecule has 1 amide bonds. The lowest BCUT2D eigenvalue weighted by Gasteiger charge is -2.31. The lowest BCUT2D eigenvalue weighted by Crippen LogP contribution is -2.43. The van der Waals surface area contributed by atoms with Crippen LogP contribution in [0, 0.1) is 5.92 Å². The van der Waals surface area contributed by atoms with Crippen molar-refractivity contribution >= 4 is 15.9 Å². The zero-order valence-corrected chi connectivity index (χ0v) is 15.4. The first kappa shape index (κ1) is 18.9. The van der Waals surface area contributed by atoms with E-state index in [0.717, 1.165) is 25.9 Å². The average Bonchev–Trinajstić information content (AvgIpc) is 2.59. The number of rotatable bonds is 6. The Morgan fingerprint density at radius 1 is 1.25 bits per heavy atom. The summed E-state index contributed by atoms with van der Waals surface area (Å²) in [4.78, 5) is 14.5. The van der Waals surface area contributed by atoms with E-state index in [1.807, 2.05) is 20.9 Å². The molecule has 0 saturated carbocycles. The van der Waals surface area contributed by atoms with E-state index in [1.54, 1.807) is 17.0 Å². The van der Waals surface area contributed by atoms with Crippen molar-refractivity contribution in [2.24, 2.45) is 5.92 Å². The van der Waals surface area contributed by atoms with E-state index in [0.29, 0.717) is 12.1 Å². The van der Waals surface area contributed by atoms with Gasteiger partial charge in [-0.25, -0.2) is 13.1 Å². The molecule has 1 heterocycles. The molecule has 134 valence electrons. The summed E-state index contributed by atoms with van der Waals surface area (Å²) in [5.74, 6) is 0.167. The molecule has 0 atom stereocenters. The topological polar surface area (TPSA) is 78.5 Å². The van der Waals surface area contributed by atoms with E-state index in [4.69, 9.17) is 0 Å². The molecule has 0 aromatic heterocycles. The molecule has 1 aliphatic rings. The van der Waals surface area contributed by atoms with Crippen molar-refractivity contribution in [2.75, 3.05) is 26.7 Å². The number of benzene rings is 1. The number of sulfonamides is 1. The number of nitrogens with one attached hydrogen (secondary N) is 2. The molecular weight excluding hydrogens is 326 g/mol. The highest BCUT2D eigenvalue weighted by Gasteiger charge is 2.23. The van der Waals surface area contributed by atoms with E-state index >= 15 is 0 Å². The van der Waals surface area contributed by atoms with Crippen LogP contribution in [0.15, 0.2) is 29.2 Å². The van der Waals surface area contributed by atoms with Crippen molar-refractivity contribution in [2.45, 2.75) is 37.6 Å². The fourth-order valence-electron chi connectivity index (χ4n) is 2.70. The Kier molecular flexibility index (Phi) is 6.37. The fourth-order valence-corrected chi connectivity index (χ4v) is 3.91. The Balaban J connectivity index is 2.06. The predicted octanol–water partition coefficient (Wildman–Crippen LogP) is 1.44. The molecule has 24 heavy (non-hydrogen) atoms. The SMILES string of the molecule is CC(C)CNS(=O)(=O)c1ccc(C(=O)N(C)C2CCNCC2)cc1. The molecule has 2 N–H and O–H groups in total. The van der Waals surface area contributed by atoms with Gasteiger partial charge in [-0.15, -0.1) is 0 Å². The molecule has 6 nitrogen and oxygen atoms in total. The number of piperidine rings is 1. The van der Waals surface area contributed by atoms with Crippen molar-refractivity contribution in [1.29, 1.82) is 0 Å². The van der Waals surface area contributed by atoms with E-state index in [9.17, 15) is 13.2 Å². The smallest absolute Gasteiger partial charge is 0.253 e. The average molecular weight is 353 g/mol. The van der Waals surface area contributed by atoms with Crippen LogP contribution in [0.5, 0.6) is 0 Å². The molecule has 0 bridgehead atoms. The lowest BCUT2D eigenvalue weighted by atomic mass is 10.0. The Bertz CT molecular complexity index is 650. The van der Waals surface area contributed by atoms with E-state index < -0.39 is 10.0 Å². The zero-order valence-electron chi connectivity index (χ0n) is 14.6. The third kappa shape index (κ3) is 4.78. The summed E-state index contributed by atoms with van der Waals surface area (Å²) in [5, 5.41) is 3.28. The van der Waals surface area contributed by atoms with Crippen molar-refractivity contribution in [3.63, 3.8) is 0 Å². The van der Waals surface area contributed by atoms with E-state index in [-0.39, 0.29) is 22.8 Å². The van der Waals surface area contributed by atoms with Gasteiger partial charge in [0.1, 0.15) is 0 Å². The third-order valence-electron chi connectivity index (χ3n) is 4.27. The second-order valence-electron chi connectivity index (χ2n) is 6.67. The Morgan fingerprint density at radius 2 is 1.83 bits per heavy atom. The van der Waals surface area contributed by atoms with Gasteiger partial charge in [-0.1, -0.05) is 13.8 Å². The molecule has 0 aliphatic carbocycles. The highest BCUT2D eigenvalue weighted by molar-refractivity contribution is 7.89. The molecule has 1 saturated heterocycles. The summed E-state index contributed by atoms with van der Waals surface area (Å²) in [7, 11) is -1.71. The van der Waals surface area contributed by atoms with Crippen molar-refractivity contribution < 1.29 is 13.2 Å². The van der Waals surface area contributed by atoms with E-state index in [2.05, 4.69) is 10.0 Å². The summed E-state index contributed by atoms with van der Waals surface area (Å²) in [6, 6.07) is 6.39. The van der Waals surface area contributed by atoms with Crippen LogP contribution in [-0.2, 0) is 10.0 Å². The highest BCUT2D eigenvalue weighted by Crippen LogP contribution is 2.16. The second-order valence-corrected chi connectivity index (χ2v) is 8.43. The minimum atomic E-state index is -3.52. The maximum Gasteiger partial charge on any atom is 0.253 e. The third-order valence-corrected chi connectivity index (χ3v) is 5.71. The quantitative estimate of drug-likeness (QED) is 0.811. The van der Waals surface area contributed by atoms with Gasteiger partial charge in [-0.2, -0.15) is 0 Å². The van der Waals surface area contributed by atoms with Crippen LogP contribution in [0.3, 0.4) is 0 Å². The maximum absolute atomic E-state index is 12.6. The van der Waals surface area contributed by atoms with Crippen LogP contribution in [0.4, 0.5) is 0 Å². The minimum Gasteiger partial charge on any atom is -0.339 e. The molecule has 2 rings (SSSR count). The van der Waals surface area contributed by atoms with Crippen LogP contribution in [-0.4, -0.2) is 51.9 Å². The van der Waals surface area contributed by atoms with Crippen molar-refractivity contribution in [3.8, 4) is 0 Å². The molecule has 0 unspecified atom stereocenters. The summed E-state index contributed by atoms with van der Waals surface area (Å²) in [5.41, 5.74) is 0.513. The molecule has 1 aromatic rings. The fraction of sp³-hybridized carbons (Fsp3) is 0.588. The molecule has 1 fully saturated rings. The highest BCUT2D eigenvalue weighted by atomic mass is 32.2. The number of nitrogens with zero attached hydrogens (tertiary/aromatic N) is 1. The van der Waals surface area contributed by atoms with Gasteiger partial charge in [0.25, 0.3) is 5.91 Å². The molecular formula is C17H27N3O3S. The molecule has 1 aliphatic heterocycles. The van der Waals surface area contributed by atoms with Crippen molar-refractivity contribution in [1.82, 2.24) is 14.9 Å². The predicted molar refractivity (Wildman–Crippen MR) is 94.5 cm³/mol. The molecule has 0 spiro atoms. The maximum atomic E-state index is 12.6. The first-order valence-corrected chi connectivity index (χ1v) is 9.87. The number of carbonyl (C=O) groups is 1. The minimum absolute atomic E-state index is 0.0685. The first-order chi connectivity index (χ1) is 11.3. The van der Waals surface area contributed by atoms with Crippen LogP contribution >= 0.6 is 0 Å². The largest absolute Gasteiger partial charge is 0.339 e. The summed E-state index contributed by atoms with van der Waals surface area (Å²) >= 11 is 0. The van der Waals surface area contributed by atoms with Gasteiger partial charge >= 0.3 is 0 Å².